The quantitative estimate of drug-likeness (QED) is 0.223. The van der Waals surface area contributed by atoms with Gasteiger partial charge in [0.15, 0.2) is 0 Å². The van der Waals surface area contributed by atoms with E-state index in [2.05, 4.69) is 38.4 Å². The Morgan fingerprint density at radius 3 is 2.47 bits per heavy atom. The number of sulfonamides is 1. The summed E-state index contributed by atoms with van der Waals surface area (Å²) < 4.78 is 36.4. The molecular formula is C37H45N7O4S. The van der Waals surface area contributed by atoms with E-state index in [0.717, 1.165) is 61.2 Å². The number of anilines is 2. The van der Waals surface area contributed by atoms with Gasteiger partial charge in [-0.1, -0.05) is 63.8 Å². The zero-order valence-corrected chi connectivity index (χ0v) is 29.7. The van der Waals surface area contributed by atoms with E-state index >= 15 is 0 Å². The van der Waals surface area contributed by atoms with Gasteiger partial charge in [-0.2, -0.15) is 4.98 Å². The molecule has 0 radical (unpaired) electrons. The minimum absolute atomic E-state index is 0.0643. The van der Waals surface area contributed by atoms with E-state index in [1.807, 2.05) is 39.1 Å². The van der Waals surface area contributed by atoms with E-state index in [4.69, 9.17) is 9.72 Å². The maximum absolute atomic E-state index is 14.5. The van der Waals surface area contributed by atoms with Gasteiger partial charge in [0, 0.05) is 30.8 Å². The number of ether oxygens (including phenoxy) is 1. The largest absolute Gasteiger partial charge is 0.475 e. The number of nitrogens with one attached hydrogen (secondary N) is 1. The first-order valence-electron chi connectivity index (χ1n) is 17.0. The topological polar surface area (TPSA) is 131 Å². The molecule has 1 amide bonds. The van der Waals surface area contributed by atoms with Crippen LogP contribution in [0, 0.1) is 25.7 Å². The van der Waals surface area contributed by atoms with Gasteiger partial charge in [-0.25, -0.2) is 23.1 Å². The first-order chi connectivity index (χ1) is 23.5. The number of hydrogen-bond acceptors (Lipinski definition) is 9. The van der Waals surface area contributed by atoms with Crippen molar-refractivity contribution in [1.29, 1.82) is 0 Å². The third-order valence-corrected chi connectivity index (χ3v) is 10.6. The fourth-order valence-electron chi connectivity index (χ4n) is 6.97. The van der Waals surface area contributed by atoms with Crippen LogP contribution in [0.4, 0.5) is 11.8 Å². The molecule has 1 aliphatic carbocycles. The Hall–Kier alpha value is -4.58. The monoisotopic (exact) mass is 683 g/mol. The summed E-state index contributed by atoms with van der Waals surface area (Å²) in [6.45, 7) is 9.40. The van der Waals surface area contributed by atoms with Crippen molar-refractivity contribution in [2.45, 2.75) is 77.3 Å². The predicted octanol–water partition coefficient (Wildman–Crippen LogP) is 6.43. The van der Waals surface area contributed by atoms with E-state index in [1.54, 1.807) is 35.5 Å². The summed E-state index contributed by atoms with van der Waals surface area (Å²) in [5.74, 6) is 1.39. The third kappa shape index (κ3) is 8.01. The average Bonchev–Trinajstić information content (AvgIpc) is 3.58. The number of benzene rings is 2. The van der Waals surface area contributed by atoms with Crippen molar-refractivity contribution >= 4 is 27.7 Å². The number of hydrogen-bond donors (Lipinski definition) is 1. The maximum atomic E-state index is 14.5. The van der Waals surface area contributed by atoms with Crippen molar-refractivity contribution < 1.29 is 17.9 Å². The van der Waals surface area contributed by atoms with Crippen LogP contribution in [-0.2, 0) is 16.6 Å². The smallest absolute Gasteiger partial charge is 0.264 e. The van der Waals surface area contributed by atoms with Gasteiger partial charge >= 0.3 is 0 Å². The van der Waals surface area contributed by atoms with Crippen LogP contribution in [0.2, 0.25) is 0 Å². The van der Waals surface area contributed by atoms with Gasteiger partial charge in [0.25, 0.3) is 15.9 Å². The van der Waals surface area contributed by atoms with Gasteiger partial charge in [0.05, 0.1) is 41.3 Å². The molecule has 0 saturated heterocycles. The fraction of sp³-hybridized carbons (Fsp3) is 0.432. The summed E-state index contributed by atoms with van der Waals surface area (Å²) in [5.41, 5.74) is 4.28. The number of nitrogens with zero attached hydrogens (tertiary/aromatic N) is 6. The predicted molar refractivity (Wildman–Crippen MR) is 190 cm³/mol. The standard InChI is InChI=1S/C37H45N7O4S/c1-24(2)21-43(5)33-20-38-19-29(39-33)22-44-30(16-27-12-6-7-13-27)23-48-34-18-32(35-25(3)10-8-11-26(35)4)40-37(41-34)42-49(46,47)31-15-9-14-28(17-31)36(44)45/h8-11,14-15,17-20,24,27,30H,6-7,12-13,16,21-23H2,1-5H3,(H,40,41,42)/t30-/m1/s1. The number of fused-ring (bicyclic) bond motifs is 4. The average molecular weight is 684 g/mol. The molecule has 1 atom stereocenters. The molecule has 1 aliphatic heterocycles. The van der Waals surface area contributed by atoms with E-state index in [1.165, 1.54) is 12.1 Å². The molecule has 4 bridgehead atoms. The Balaban J connectivity index is 1.46. The van der Waals surface area contributed by atoms with E-state index in [0.29, 0.717) is 23.2 Å². The van der Waals surface area contributed by atoms with Crippen LogP contribution in [0.5, 0.6) is 5.88 Å². The Labute approximate surface area is 289 Å². The van der Waals surface area contributed by atoms with E-state index < -0.39 is 10.0 Å². The third-order valence-electron chi connectivity index (χ3n) is 9.30. The minimum atomic E-state index is -4.16. The van der Waals surface area contributed by atoms with E-state index in [9.17, 15) is 13.2 Å². The van der Waals surface area contributed by atoms with Crippen LogP contribution in [0.3, 0.4) is 0 Å². The van der Waals surface area contributed by atoms with Crippen molar-refractivity contribution in [3.05, 3.63) is 83.3 Å². The Bertz CT molecular complexity index is 1910. The molecule has 1 fully saturated rings. The van der Waals surface area contributed by atoms with Crippen LogP contribution >= 0.6 is 0 Å². The van der Waals surface area contributed by atoms with Crippen LogP contribution in [0.25, 0.3) is 11.3 Å². The number of carbonyl (C=O) groups is 1. The number of carbonyl (C=O) groups excluding carboxylic acids is 1. The lowest BCUT2D eigenvalue weighted by atomic mass is 9.97. The van der Waals surface area contributed by atoms with Crippen molar-refractivity contribution in [2.75, 3.05) is 29.8 Å². The molecule has 12 heteroatoms. The Morgan fingerprint density at radius 2 is 1.73 bits per heavy atom. The summed E-state index contributed by atoms with van der Waals surface area (Å²) in [5, 5.41) is 0. The number of aromatic nitrogens is 4. The highest BCUT2D eigenvalue weighted by Crippen LogP contribution is 2.33. The molecule has 1 N–H and O–H groups in total. The molecule has 2 aromatic carbocycles. The number of aryl methyl sites for hydroxylation is 2. The lowest BCUT2D eigenvalue weighted by Crippen LogP contribution is -2.44. The number of rotatable bonds is 8. The minimum Gasteiger partial charge on any atom is -0.475 e. The molecule has 3 heterocycles. The zero-order valence-electron chi connectivity index (χ0n) is 28.9. The lowest BCUT2D eigenvalue weighted by molar-refractivity contribution is 0.0542. The highest BCUT2D eigenvalue weighted by Gasteiger charge is 2.32. The normalized spacial score (nSPS) is 17.9. The zero-order chi connectivity index (χ0) is 34.7. The molecule has 2 aliphatic rings. The van der Waals surface area contributed by atoms with Gasteiger partial charge in [0.1, 0.15) is 12.4 Å². The van der Waals surface area contributed by atoms with Gasteiger partial charge in [-0.15, -0.1) is 0 Å². The van der Waals surface area contributed by atoms with Crippen LogP contribution in [-0.4, -0.2) is 65.4 Å². The van der Waals surface area contributed by atoms with Crippen LogP contribution in [0.1, 0.15) is 73.1 Å². The molecule has 0 unspecified atom stereocenters. The van der Waals surface area contributed by atoms with Gasteiger partial charge in [0.2, 0.25) is 11.8 Å². The molecule has 11 nitrogen and oxygen atoms in total. The summed E-state index contributed by atoms with van der Waals surface area (Å²) in [7, 11) is -2.18. The second-order valence-corrected chi connectivity index (χ2v) is 15.4. The summed E-state index contributed by atoms with van der Waals surface area (Å²) >= 11 is 0. The van der Waals surface area contributed by atoms with Crippen molar-refractivity contribution in [3.8, 4) is 17.1 Å². The van der Waals surface area contributed by atoms with Gasteiger partial charge < -0.3 is 14.5 Å². The van der Waals surface area contributed by atoms with Gasteiger partial charge in [-0.05, 0) is 61.4 Å². The van der Waals surface area contributed by atoms with Crippen molar-refractivity contribution in [3.63, 3.8) is 0 Å². The summed E-state index contributed by atoms with van der Waals surface area (Å²) in [6.07, 6.45) is 8.62. The summed E-state index contributed by atoms with van der Waals surface area (Å²) in [4.78, 5) is 36.8. The number of amides is 1. The molecule has 0 spiro atoms. The first-order valence-corrected chi connectivity index (χ1v) is 18.5. The molecule has 2 aromatic heterocycles. The Morgan fingerprint density at radius 1 is 1.00 bits per heavy atom. The van der Waals surface area contributed by atoms with E-state index in [-0.39, 0.29) is 47.4 Å². The lowest BCUT2D eigenvalue weighted by Gasteiger charge is -2.33. The second-order valence-electron chi connectivity index (χ2n) is 13.7. The molecule has 49 heavy (non-hydrogen) atoms. The van der Waals surface area contributed by atoms with Crippen molar-refractivity contribution in [1.82, 2.24) is 24.8 Å². The maximum Gasteiger partial charge on any atom is 0.264 e. The first kappa shape index (κ1) is 34.3. The SMILES string of the molecule is Cc1cccc(C)c1-c1cc2nc(n1)NS(=O)(=O)c1cccc(c1)C(=O)N(Cc1cncc(N(C)CC(C)C)n1)[C@H](CC1CCCC1)CO2. The highest BCUT2D eigenvalue weighted by molar-refractivity contribution is 7.92. The summed E-state index contributed by atoms with van der Waals surface area (Å²) in [6, 6.07) is 13.4. The molecule has 4 aromatic rings. The molecule has 1 saturated carbocycles. The highest BCUT2D eigenvalue weighted by atomic mass is 32.2. The molecule has 258 valence electrons. The van der Waals surface area contributed by atoms with Crippen LogP contribution in [0.15, 0.2) is 65.8 Å². The fourth-order valence-corrected chi connectivity index (χ4v) is 7.96. The van der Waals surface area contributed by atoms with Crippen LogP contribution < -0.4 is 14.4 Å². The molecule has 6 rings (SSSR count). The van der Waals surface area contributed by atoms with Gasteiger partial charge in [-0.3, -0.25) is 9.78 Å². The molecular weight excluding hydrogens is 639 g/mol. The van der Waals surface area contributed by atoms with Crippen molar-refractivity contribution in [2.24, 2.45) is 11.8 Å². The second kappa shape index (κ2) is 14.5. The Kier molecular flexibility index (Phi) is 10.1.